The van der Waals surface area contributed by atoms with E-state index in [9.17, 15) is 14.4 Å². The fourth-order valence-electron chi connectivity index (χ4n) is 2.88. The smallest absolute Gasteiger partial charge is 0.261 e. The molecule has 0 radical (unpaired) electrons. The van der Waals surface area contributed by atoms with Crippen LogP contribution in [0.25, 0.3) is 10.9 Å². The summed E-state index contributed by atoms with van der Waals surface area (Å²) >= 11 is 0. The summed E-state index contributed by atoms with van der Waals surface area (Å²) in [7, 11) is 1.56. The largest absolute Gasteiger partial charge is 0.497 e. The summed E-state index contributed by atoms with van der Waals surface area (Å²) in [6.07, 6.45) is 1.38. The van der Waals surface area contributed by atoms with Crippen molar-refractivity contribution in [2.24, 2.45) is 0 Å². The van der Waals surface area contributed by atoms with Crippen LogP contribution in [0.2, 0.25) is 0 Å². The molecule has 0 spiro atoms. The van der Waals surface area contributed by atoms with Crippen molar-refractivity contribution >= 4 is 22.7 Å². The van der Waals surface area contributed by atoms with Crippen LogP contribution in [-0.2, 0) is 11.3 Å². The van der Waals surface area contributed by atoms with E-state index in [0.717, 1.165) is 5.56 Å². The van der Waals surface area contributed by atoms with Crippen molar-refractivity contribution in [3.63, 3.8) is 0 Å². The van der Waals surface area contributed by atoms with E-state index in [1.54, 1.807) is 43.5 Å². The third-order valence-electron chi connectivity index (χ3n) is 4.45. The highest BCUT2D eigenvalue weighted by molar-refractivity contribution is 5.94. The molecule has 29 heavy (non-hydrogen) atoms. The van der Waals surface area contributed by atoms with Crippen LogP contribution in [0.5, 0.6) is 5.75 Å². The van der Waals surface area contributed by atoms with Crippen molar-refractivity contribution < 1.29 is 14.3 Å². The number of para-hydroxylation sites is 1. The number of hydrogen-bond donors (Lipinski definition) is 2. The molecule has 0 aliphatic heterocycles. The van der Waals surface area contributed by atoms with Gasteiger partial charge >= 0.3 is 0 Å². The van der Waals surface area contributed by atoms with Gasteiger partial charge in [-0.05, 0) is 42.8 Å². The van der Waals surface area contributed by atoms with Crippen LogP contribution in [0.15, 0.2) is 53.6 Å². The van der Waals surface area contributed by atoms with Crippen molar-refractivity contribution in [3.8, 4) is 5.75 Å². The molecule has 3 aromatic rings. The normalized spacial score (nSPS) is 10.6. The number of hydrogen-bond acceptors (Lipinski definition) is 5. The summed E-state index contributed by atoms with van der Waals surface area (Å²) < 4.78 is 6.32. The Kier molecular flexibility index (Phi) is 6.23. The van der Waals surface area contributed by atoms with E-state index >= 15 is 0 Å². The van der Waals surface area contributed by atoms with Crippen molar-refractivity contribution in [2.45, 2.75) is 13.5 Å². The zero-order valence-electron chi connectivity index (χ0n) is 16.3. The van der Waals surface area contributed by atoms with Crippen molar-refractivity contribution in [1.29, 1.82) is 0 Å². The molecule has 0 fully saturated rings. The Labute approximate surface area is 167 Å². The Bertz CT molecular complexity index is 1090. The lowest BCUT2D eigenvalue weighted by atomic mass is 10.1. The molecule has 1 aromatic heterocycles. The number of rotatable bonds is 7. The number of amides is 2. The first-order chi connectivity index (χ1) is 14.0. The number of fused-ring (bicyclic) bond motifs is 1. The van der Waals surface area contributed by atoms with Crippen molar-refractivity contribution in [2.75, 3.05) is 20.2 Å². The predicted octanol–water partition coefficient (Wildman–Crippen LogP) is 1.26. The summed E-state index contributed by atoms with van der Waals surface area (Å²) in [4.78, 5) is 41.0. The first kappa shape index (κ1) is 20.1. The molecule has 0 saturated heterocycles. The second-order valence-corrected chi connectivity index (χ2v) is 6.48. The van der Waals surface area contributed by atoms with E-state index in [-0.39, 0.29) is 37.0 Å². The molecular formula is C21H22N4O4. The Morgan fingerprint density at radius 1 is 1.07 bits per heavy atom. The Balaban J connectivity index is 1.50. The first-order valence-corrected chi connectivity index (χ1v) is 9.13. The molecule has 0 bridgehead atoms. The lowest BCUT2D eigenvalue weighted by molar-refractivity contribution is -0.121. The third-order valence-corrected chi connectivity index (χ3v) is 4.45. The number of carbonyl (C=O) groups excluding carboxylic acids is 2. The Hall–Kier alpha value is -3.68. The van der Waals surface area contributed by atoms with Crippen LogP contribution in [0.3, 0.4) is 0 Å². The minimum Gasteiger partial charge on any atom is -0.497 e. The van der Waals surface area contributed by atoms with Crippen LogP contribution in [0.1, 0.15) is 15.9 Å². The number of benzene rings is 2. The summed E-state index contributed by atoms with van der Waals surface area (Å²) in [5.74, 6) is 0.0919. The highest BCUT2D eigenvalue weighted by Crippen LogP contribution is 2.11. The third kappa shape index (κ3) is 4.78. The molecule has 2 amide bonds. The fraction of sp³-hybridized carbons (Fsp3) is 0.238. The topological polar surface area (TPSA) is 102 Å². The second kappa shape index (κ2) is 9.01. The number of aryl methyl sites for hydroxylation is 1. The van der Waals surface area contributed by atoms with Gasteiger partial charge in [0.05, 0.1) is 24.3 Å². The van der Waals surface area contributed by atoms with Crippen LogP contribution in [-0.4, -0.2) is 41.6 Å². The van der Waals surface area contributed by atoms with Gasteiger partial charge in [0, 0.05) is 18.7 Å². The van der Waals surface area contributed by atoms with Gasteiger partial charge in [0.25, 0.3) is 11.5 Å². The van der Waals surface area contributed by atoms with Gasteiger partial charge in [-0.25, -0.2) is 4.98 Å². The summed E-state index contributed by atoms with van der Waals surface area (Å²) in [5.41, 5.74) is 1.78. The van der Waals surface area contributed by atoms with E-state index in [1.807, 2.05) is 13.0 Å². The molecule has 3 rings (SSSR count). The standard InChI is InChI=1S/C21H22N4O4/c1-14-4-3-5-17-19(14)24-13-25(21(17)28)12-18(26)22-10-11-23-20(27)15-6-8-16(29-2)9-7-15/h3-9,13H,10-12H2,1-2H3,(H,22,26)(H,23,27). The molecular weight excluding hydrogens is 372 g/mol. The minimum atomic E-state index is -0.334. The number of nitrogens with one attached hydrogen (secondary N) is 2. The quantitative estimate of drug-likeness (QED) is 0.588. The van der Waals surface area contributed by atoms with Gasteiger partial charge in [0.1, 0.15) is 12.3 Å². The number of aromatic nitrogens is 2. The molecule has 0 saturated carbocycles. The number of nitrogens with zero attached hydrogens (tertiary/aromatic N) is 2. The second-order valence-electron chi connectivity index (χ2n) is 6.48. The summed E-state index contributed by atoms with van der Waals surface area (Å²) in [5, 5.41) is 5.88. The molecule has 0 unspecified atom stereocenters. The van der Waals surface area contributed by atoms with Gasteiger partial charge in [0.2, 0.25) is 5.91 Å². The SMILES string of the molecule is COc1ccc(C(=O)NCCNC(=O)Cn2cnc3c(C)cccc3c2=O)cc1. The molecule has 2 aromatic carbocycles. The molecule has 0 aliphatic carbocycles. The number of carbonyl (C=O) groups is 2. The van der Waals surface area contributed by atoms with Crippen LogP contribution in [0, 0.1) is 6.92 Å². The van der Waals surface area contributed by atoms with E-state index in [4.69, 9.17) is 4.74 Å². The van der Waals surface area contributed by atoms with Gasteiger partial charge in [0.15, 0.2) is 0 Å². The van der Waals surface area contributed by atoms with Gasteiger partial charge in [-0.15, -0.1) is 0 Å². The monoisotopic (exact) mass is 394 g/mol. The zero-order valence-corrected chi connectivity index (χ0v) is 16.3. The van der Waals surface area contributed by atoms with E-state index < -0.39 is 0 Å². The van der Waals surface area contributed by atoms with E-state index in [2.05, 4.69) is 15.6 Å². The molecule has 0 atom stereocenters. The molecule has 8 heteroatoms. The zero-order chi connectivity index (χ0) is 20.8. The average Bonchev–Trinajstić information content (AvgIpc) is 2.73. The maximum absolute atomic E-state index is 12.5. The maximum Gasteiger partial charge on any atom is 0.261 e. The molecule has 1 heterocycles. The molecule has 0 aliphatic rings. The number of methoxy groups -OCH3 is 1. The maximum atomic E-state index is 12.5. The summed E-state index contributed by atoms with van der Waals surface area (Å²) in [6.45, 7) is 2.25. The van der Waals surface area contributed by atoms with Gasteiger partial charge in [-0.3, -0.25) is 19.0 Å². The lowest BCUT2D eigenvalue weighted by Gasteiger charge is -2.09. The Morgan fingerprint density at radius 3 is 2.52 bits per heavy atom. The first-order valence-electron chi connectivity index (χ1n) is 9.13. The minimum absolute atomic E-state index is 0.137. The van der Waals surface area contributed by atoms with Gasteiger partial charge in [-0.1, -0.05) is 12.1 Å². The average molecular weight is 394 g/mol. The van der Waals surface area contributed by atoms with Gasteiger partial charge in [-0.2, -0.15) is 0 Å². The predicted molar refractivity (Wildman–Crippen MR) is 109 cm³/mol. The van der Waals surface area contributed by atoms with E-state index in [0.29, 0.717) is 22.2 Å². The summed E-state index contributed by atoms with van der Waals surface area (Å²) in [6, 6.07) is 12.1. The van der Waals surface area contributed by atoms with Gasteiger partial charge < -0.3 is 15.4 Å². The van der Waals surface area contributed by atoms with Crippen LogP contribution in [0.4, 0.5) is 0 Å². The van der Waals surface area contributed by atoms with Crippen molar-refractivity contribution in [1.82, 2.24) is 20.2 Å². The van der Waals surface area contributed by atoms with Crippen LogP contribution < -0.4 is 20.9 Å². The molecule has 8 nitrogen and oxygen atoms in total. The fourth-order valence-corrected chi connectivity index (χ4v) is 2.88. The Morgan fingerprint density at radius 2 is 1.79 bits per heavy atom. The highest BCUT2D eigenvalue weighted by Gasteiger charge is 2.09. The van der Waals surface area contributed by atoms with E-state index in [1.165, 1.54) is 10.9 Å². The number of ether oxygens (including phenoxy) is 1. The molecule has 150 valence electrons. The lowest BCUT2D eigenvalue weighted by Crippen LogP contribution is -2.37. The van der Waals surface area contributed by atoms with Crippen LogP contribution >= 0.6 is 0 Å². The highest BCUT2D eigenvalue weighted by atomic mass is 16.5. The van der Waals surface area contributed by atoms with Crippen molar-refractivity contribution in [3.05, 3.63) is 70.3 Å². The molecule has 2 N–H and O–H groups in total.